The maximum Gasteiger partial charge on any atom is 0.573 e. The van der Waals surface area contributed by atoms with Gasteiger partial charge in [0.25, 0.3) is 5.91 Å². The van der Waals surface area contributed by atoms with Crippen LogP contribution >= 0.6 is 0 Å². The third kappa shape index (κ3) is 6.94. The van der Waals surface area contributed by atoms with Crippen LogP contribution in [0.15, 0.2) is 54.1 Å². The van der Waals surface area contributed by atoms with Crippen LogP contribution in [0, 0.1) is 0 Å². The van der Waals surface area contributed by atoms with Gasteiger partial charge in [-0.15, -0.1) is 13.2 Å². The second-order valence-corrected chi connectivity index (χ2v) is 8.87. The predicted molar refractivity (Wildman–Crippen MR) is 127 cm³/mol. The summed E-state index contributed by atoms with van der Waals surface area (Å²) in [4.78, 5) is 28.3. The third-order valence-electron chi connectivity index (χ3n) is 6.17. The molecule has 2 N–H and O–H groups in total. The van der Waals surface area contributed by atoms with E-state index in [0.717, 1.165) is 24.0 Å². The summed E-state index contributed by atoms with van der Waals surface area (Å²) in [6.07, 6.45) is -4.12. The summed E-state index contributed by atoms with van der Waals surface area (Å²) in [5.41, 5.74) is 2.28. The van der Waals surface area contributed by atoms with E-state index in [1.54, 1.807) is 35.2 Å². The largest absolute Gasteiger partial charge is 0.573 e. The molecule has 0 aromatic heterocycles. The number of nitrogens with zero attached hydrogens (tertiary/aromatic N) is 2. The molecule has 0 bridgehead atoms. The molecule has 1 aliphatic heterocycles. The average Bonchev–Trinajstić information content (AvgIpc) is 3.70. The van der Waals surface area contributed by atoms with Crippen molar-refractivity contribution in [2.45, 2.75) is 38.2 Å². The number of carbonyl (C=O) groups excluding carboxylic acids is 1. The number of ether oxygens (including phenoxy) is 2. The number of carbonyl (C=O) groups is 2. The van der Waals surface area contributed by atoms with Crippen molar-refractivity contribution in [3.05, 3.63) is 65.2 Å². The highest BCUT2D eigenvalue weighted by atomic mass is 19.4. The molecule has 2 aromatic rings. The molecule has 198 valence electrons. The number of aliphatic hydroxyl groups is 1. The number of hydrogen-bond donors (Lipinski definition) is 2. The monoisotopic (exact) mass is 520 g/mol. The summed E-state index contributed by atoms with van der Waals surface area (Å²) in [5.74, 6) is -0.160. The molecule has 0 spiro atoms. The van der Waals surface area contributed by atoms with E-state index in [-0.39, 0.29) is 50.5 Å². The molecule has 2 aliphatic rings. The van der Waals surface area contributed by atoms with Crippen molar-refractivity contribution < 1.29 is 42.4 Å². The molecule has 1 fully saturated rings. The normalized spacial score (nSPS) is 15.9. The lowest BCUT2D eigenvalue weighted by Crippen LogP contribution is -2.42. The molecule has 1 aliphatic carbocycles. The molecule has 0 saturated heterocycles. The predicted octanol–water partition coefficient (Wildman–Crippen LogP) is 4.28. The van der Waals surface area contributed by atoms with Crippen molar-refractivity contribution in [2.75, 3.05) is 26.3 Å². The zero-order valence-corrected chi connectivity index (χ0v) is 19.9. The fraction of sp³-hybridized carbons (Fsp3) is 0.385. The Morgan fingerprint density at radius 2 is 1.81 bits per heavy atom. The summed E-state index contributed by atoms with van der Waals surface area (Å²) >= 11 is 0. The zero-order valence-electron chi connectivity index (χ0n) is 19.9. The Bertz CT molecular complexity index is 1160. The number of alkyl halides is 3. The van der Waals surface area contributed by atoms with Crippen LogP contribution in [-0.2, 0) is 11.3 Å². The molecule has 0 unspecified atom stereocenters. The SMILES string of the molecule is O=C(O)N1CCC(c2ccc(OCCO)cc2)=C(C(=O)N(Cc2cccc(OC(F)(F)F)c2)C2CC2)C1. The van der Waals surface area contributed by atoms with E-state index in [0.29, 0.717) is 23.3 Å². The first-order valence-corrected chi connectivity index (χ1v) is 11.8. The molecule has 1 heterocycles. The third-order valence-corrected chi connectivity index (χ3v) is 6.17. The number of carboxylic acid groups (broad SMARTS) is 1. The molecule has 2 amide bonds. The van der Waals surface area contributed by atoms with Crippen LogP contribution in [0.25, 0.3) is 5.57 Å². The molecular formula is C26H27F3N2O6. The number of halogens is 3. The van der Waals surface area contributed by atoms with Crippen molar-refractivity contribution >= 4 is 17.6 Å². The van der Waals surface area contributed by atoms with Crippen LogP contribution in [0.3, 0.4) is 0 Å². The highest BCUT2D eigenvalue weighted by molar-refractivity contribution is 6.03. The minimum absolute atomic E-state index is 0.0658. The van der Waals surface area contributed by atoms with Gasteiger partial charge in [0, 0.05) is 24.7 Å². The van der Waals surface area contributed by atoms with Gasteiger partial charge in [0.15, 0.2) is 0 Å². The quantitative estimate of drug-likeness (QED) is 0.512. The zero-order chi connectivity index (χ0) is 26.6. The van der Waals surface area contributed by atoms with Crippen LogP contribution < -0.4 is 9.47 Å². The van der Waals surface area contributed by atoms with Crippen molar-refractivity contribution in [3.63, 3.8) is 0 Å². The number of amides is 2. The lowest BCUT2D eigenvalue weighted by molar-refractivity contribution is -0.274. The Morgan fingerprint density at radius 3 is 2.43 bits per heavy atom. The van der Waals surface area contributed by atoms with E-state index < -0.39 is 12.5 Å². The number of benzene rings is 2. The van der Waals surface area contributed by atoms with E-state index in [9.17, 15) is 27.9 Å². The van der Waals surface area contributed by atoms with Crippen LogP contribution in [-0.4, -0.2) is 70.7 Å². The van der Waals surface area contributed by atoms with E-state index in [1.165, 1.54) is 23.1 Å². The fourth-order valence-electron chi connectivity index (χ4n) is 4.32. The maximum atomic E-state index is 13.8. The van der Waals surface area contributed by atoms with Gasteiger partial charge >= 0.3 is 12.5 Å². The first-order chi connectivity index (χ1) is 17.6. The van der Waals surface area contributed by atoms with Crippen molar-refractivity contribution in [1.82, 2.24) is 9.80 Å². The average molecular weight is 521 g/mol. The second kappa shape index (κ2) is 11.1. The van der Waals surface area contributed by atoms with Crippen molar-refractivity contribution in [2.24, 2.45) is 0 Å². The topological polar surface area (TPSA) is 99.5 Å². The fourth-order valence-corrected chi connectivity index (χ4v) is 4.32. The molecule has 0 radical (unpaired) electrons. The van der Waals surface area contributed by atoms with Crippen LogP contribution in [0.4, 0.5) is 18.0 Å². The first kappa shape index (κ1) is 26.3. The summed E-state index contributed by atoms with van der Waals surface area (Å²) in [6, 6.07) is 12.4. The molecule has 37 heavy (non-hydrogen) atoms. The standard InChI is InChI=1S/C26H27F3N2O6/c27-26(28,29)37-21-3-1-2-17(14-21)15-31(19-6-7-19)24(33)23-16-30(25(34)35)11-10-22(23)18-4-8-20(9-5-18)36-13-12-32/h1-5,8-9,14,19,32H,6-7,10-13,15-16H2,(H,34,35). The smallest absolute Gasteiger partial charge is 0.491 e. The summed E-state index contributed by atoms with van der Waals surface area (Å²) < 4.78 is 47.4. The van der Waals surface area contributed by atoms with Crippen LogP contribution in [0.2, 0.25) is 0 Å². The van der Waals surface area contributed by atoms with Gasteiger partial charge in [-0.1, -0.05) is 24.3 Å². The van der Waals surface area contributed by atoms with Crippen LogP contribution in [0.5, 0.6) is 11.5 Å². The van der Waals surface area contributed by atoms with E-state index >= 15 is 0 Å². The van der Waals surface area contributed by atoms with E-state index in [2.05, 4.69) is 4.74 Å². The minimum Gasteiger partial charge on any atom is -0.491 e. The number of aliphatic hydroxyl groups excluding tert-OH is 1. The van der Waals surface area contributed by atoms with Gasteiger partial charge in [0.05, 0.1) is 13.2 Å². The maximum absolute atomic E-state index is 13.8. The molecule has 1 saturated carbocycles. The highest BCUT2D eigenvalue weighted by Crippen LogP contribution is 2.35. The highest BCUT2D eigenvalue weighted by Gasteiger charge is 2.37. The van der Waals surface area contributed by atoms with E-state index in [1.807, 2.05) is 0 Å². The second-order valence-electron chi connectivity index (χ2n) is 8.87. The summed E-state index contributed by atoms with van der Waals surface area (Å²) in [5, 5.41) is 18.5. The Labute approximate surface area is 211 Å². The lowest BCUT2D eigenvalue weighted by Gasteiger charge is -2.32. The van der Waals surface area contributed by atoms with Gasteiger partial charge in [-0.3, -0.25) is 4.79 Å². The van der Waals surface area contributed by atoms with Gasteiger partial charge in [-0.25, -0.2) is 4.79 Å². The molecule has 2 aromatic carbocycles. The minimum atomic E-state index is -4.83. The Morgan fingerprint density at radius 1 is 1.08 bits per heavy atom. The molecule has 0 atom stereocenters. The van der Waals surface area contributed by atoms with Gasteiger partial charge in [0.1, 0.15) is 18.1 Å². The molecule has 8 nitrogen and oxygen atoms in total. The van der Waals surface area contributed by atoms with Gasteiger partial charge in [0.2, 0.25) is 0 Å². The molecule has 4 rings (SSSR count). The first-order valence-electron chi connectivity index (χ1n) is 11.8. The van der Waals surface area contributed by atoms with Crippen LogP contribution in [0.1, 0.15) is 30.4 Å². The Balaban J connectivity index is 1.63. The summed E-state index contributed by atoms with van der Waals surface area (Å²) in [6.45, 7) is 0.219. The Hall–Kier alpha value is -3.73. The van der Waals surface area contributed by atoms with Crippen molar-refractivity contribution in [3.8, 4) is 11.5 Å². The molecule has 11 heteroatoms. The Kier molecular flexibility index (Phi) is 7.91. The van der Waals surface area contributed by atoms with Crippen molar-refractivity contribution in [1.29, 1.82) is 0 Å². The number of rotatable bonds is 9. The van der Waals surface area contributed by atoms with E-state index in [4.69, 9.17) is 9.84 Å². The van der Waals surface area contributed by atoms with Gasteiger partial charge in [-0.05, 0) is 60.2 Å². The van der Waals surface area contributed by atoms with Gasteiger partial charge in [-0.2, -0.15) is 0 Å². The van der Waals surface area contributed by atoms with Gasteiger partial charge < -0.3 is 29.5 Å². The molecular weight excluding hydrogens is 493 g/mol. The lowest BCUT2D eigenvalue weighted by atomic mass is 9.92. The summed E-state index contributed by atoms with van der Waals surface area (Å²) in [7, 11) is 0. The number of hydrogen-bond acceptors (Lipinski definition) is 5.